The second kappa shape index (κ2) is 3.46. The van der Waals surface area contributed by atoms with Gasteiger partial charge in [0.05, 0.1) is 6.04 Å². The van der Waals surface area contributed by atoms with Gasteiger partial charge in [0.25, 0.3) is 0 Å². The summed E-state index contributed by atoms with van der Waals surface area (Å²) in [5.74, 6) is 1.40. The summed E-state index contributed by atoms with van der Waals surface area (Å²) in [4.78, 5) is 4.31. The van der Waals surface area contributed by atoms with Gasteiger partial charge in [0.2, 0.25) is 5.89 Å². The van der Waals surface area contributed by atoms with E-state index >= 15 is 0 Å². The van der Waals surface area contributed by atoms with Gasteiger partial charge in [0.15, 0.2) is 5.82 Å². The lowest BCUT2D eigenvalue weighted by Gasteiger charge is -2.10. The zero-order valence-electron chi connectivity index (χ0n) is 8.88. The van der Waals surface area contributed by atoms with E-state index in [4.69, 9.17) is 4.52 Å². The van der Waals surface area contributed by atoms with Crippen molar-refractivity contribution in [3.05, 3.63) is 11.7 Å². The van der Waals surface area contributed by atoms with Gasteiger partial charge in [-0.3, -0.25) is 0 Å². The predicted octanol–water partition coefficient (Wildman–Crippen LogP) is 1.65. The molecule has 0 saturated heterocycles. The molecule has 0 amide bonds. The van der Waals surface area contributed by atoms with Crippen molar-refractivity contribution < 1.29 is 4.52 Å². The highest BCUT2D eigenvalue weighted by atomic mass is 16.5. The van der Waals surface area contributed by atoms with Gasteiger partial charge in [0, 0.05) is 5.41 Å². The van der Waals surface area contributed by atoms with Crippen LogP contribution in [-0.4, -0.2) is 17.2 Å². The Kier molecular flexibility index (Phi) is 2.71. The van der Waals surface area contributed by atoms with E-state index in [1.165, 1.54) is 0 Å². The minimum atomic E-state index is -0.0707. The molecule has 4 nitrogen and oxygen atoms in total. The summed E-state index contributed by atoms with van der Waals surface area (Å²) >= 11 is 0. The molecule has 0 aliphatic carbocycles. The monoisotopic (exact) mass is 183 g/mol. The molecule has 74 valence electrons. The van der Waals surface area contributed by atoms with E-state index in [0.717, 1.165) is 0 Å². The third-order valence-electron chi connectivity index (χ3n) is 1.90. The molecule has 1 heterocycles. The standard InChI is InChI=1S/C9H17N3O/c1-6(10-5)7-11-8(13-12-7)9(2,3)4/h6,10H,1-5H3. The Balaban J connectivity index is 2.87. The van der Waals surface area contributed by atoms with Gasteiger partial charge in [-0.15, -0.1) is 0 Å². The molecule has 1 N–H and O–H groups in total. The second-order valence-electron chi connectivity index (χ2n) is 4.22. The van der Waals surface area contributed by atoms with Crippen LogP contribution in [0.3, 0.4) is 0 Å². The fourth-order valence-corrected chi connectivity index (χ4v) is 0.844. The molecule has 4 heteroatoms. The third-order valence-corrected chi connectivity index (χ3v) is 1.90. The lowest BCUT2D eigenvalue weighted by atomic mass is 9.97. The summed E-state index contributed by atoms with van der Waals surface area (Å²) in [6.45, 7) is 8.15. The molecule has 13 heavy (non-hydrogen) atoms. The quantitative estimate of drug-likeness (QED) is 0.757. The smallest absolute Gasteiger partial charge is 0.232 e. The van der Waals surface area contributed by atoms with Gasteiger partial charge in [-0.2, -0.15) is 4.98 Å². The first kappa shape index (κ1) is 10.2. The molecule has 0 aliphatic heterocycles. The zero-order valence-corrected chi connectivity index (χ0v) is 8.88. The SMILES string of the molecule is CNC(C)c1noc(C(C)(C)C)n1. The average Bonchev–Trinajstić information content (AvgIpc) is 2.50. The molecule has 0 spiro atoms. The summed E-state index contributed by atoms with van der Waals surface area (Å²) in [5, 5.41) is 6.97. The van der Waals surface area contributed by atoms with Crippen LogP contribution in [0.5, 0.6) is 0 Å². The van der Waals surface area contributed by atoms with Gasteiger partial charge < -0.3 is 9.84 Å². The maximum atomic E-state index is 5.15. The van der Waals surface area contributed by atoms with E-state index in [2.05, 4.69) is 15.5 Å². The molecular formula is C9H17N3O. The summed E-state index contributed by atoms with van der Waals surface area (Å²) < 4.78 is 5.15. The number of nitrogens with one attached hydrogen (secondary N) is 1. The van der Waals surface area contributed by atoms with Gasteiger partial charge in [-0.25, -0.2) is 0 Å². The minimum Gasteiger partial charge on any atom is -0.339 e. The highest BCUT2D eigenvalue weighted by Crippen LogP contribution is 2.21. The van der Waals surface area contributed by atoms with Gasteiger partial charge in [-0.05, 0) is 14.0 Å². The summed E-state index contributed by atoms with van der Waals surface area (Å²) in [7, 11) is 1.87. The van der Waals surface area contributed by atoms with Crippen molar-refractivity contribution in [3.63, 3.8) is 0 Å². The van der Waals surface area contributed by atoms with E-state index in [1.54, 1.807) is 0 Å². The lowest BCUT2D eigenvalue weighted by molar-refractivity contribution is 0.316. The summed E-state index contributed by atoms with van der Waals surface area (Å²) in [5.41, 5.74) is -0.0707. The first-order valence-corrected chi connectivity index (χ1v) is 4.46. The minimum absolute atomic E-state index is 0.0707. The number of aromatic nitrogens is 2. The van der Waals surface area contributed by atoms with E-state index in [-0.39, 0.29) is 11.5 Å². The molecule has 0 fully saturated rings. The van der Waals surface area contributed by atoms with Crippen molar-refractivity contribution in [2.75, 3.05) is 7.05 Å². The highest BCUT2D eigenvalue weighted by molar-refractivity contribution is 5.00. The maximum Gasteiger partial charge on any atom is 0.232 e. The van der Waals surface area contributed by atoms with Crippen LogP contribution in [0.15, 0.2) is 4.52 Å². The Bertz CT molecular complexity index is 275. The lowest BCUT2D eigenvalue weighted by Crippen LogP contribution is -2.15. The molecule has 0 bridgehead atoms. The van der Waals surface area contributed by atoms with Crippen LogP contribution >= 0.6 is 0 Å². The van der Waals surface area contributed by atoms with E-state index in [1.807, 2.05) is 34.7 Å². The predicted molar refractivity (Wildman–Crippen MR) is 50.5 cm³/mol. The van der Waals surface area contributed by atoms with Crippen molar-refractivity contribution in [2.45, 2.75) is 39.2 Å². The van der Waals surface area contributed by atoms with Crippen LogP contribution in [0.2, 0.25) is 0 Å². The largest absolute Gasteiger partial charge is 0.339 e. The van der Waals surface area contributed by atoms with E-state index in [0.29, 0.717) is 11.7 Å². The van der Waals surface area contributed by atoms with Crippen molar-refractivity contribution in [2.24, 2.45) is 0 Å². The first-order valence-electron chi connectivity index (χ1n) is 4.46. The summed E-state index contributed by atoms with van der Waals surface area (Å²) in [6.07, 6.45) is 0. The maximum absolute atomic E-state index is 5.15. The van der Waals surface area contributed by atoms with Gasteiger partial charge in [0.1, 0.15) is 0 Å². The van der Waals surface area contributed by atoms with E-state index < -0.39 is 0 Å². The zero-order chi connectivity index (χ0) is 10.1. The normalized spacial score (nSPS) is 14.5. The van der Waals surface area contributed by atoms with Crippen LogP contribution < -0.4 is 5.32 Å². The molecule has 1 aromatic heterocycles. The van der Waals surface area contributed by atoms with Crippen molar-refractivity contribution in [1.29, 1.82) is 0 Å². The molecule has 1 rings (SSSR count). The van der Waals surface area contributed by atoms with Crippen molar-refractivity contribution in [3.8, 4) is 0 Å². The van der Waals surface area contributed by atoms with Gasteiger partial charge in [-0.1, -0.05) is 25.9 Å². The first-order chi connectivity index (χ1) is 5.95. The molecule has 0 saturated carbocycles. The molecule has 1 unspecified atom stereocenters. The van der Waals surface area contributed by atoms with E-state index in [9.17, 15) is 0 Å². The van der Waals surface area contributed by atoms with Gasteiger partial charge >= 0.3 is 0 Å². The van der Waals surface area contributed by atoms with Crippen LogP contribution in [-0.2, 0) is 5.41 Å². The summed E-state index contributed by atoms with van der Waals surface area (Å²) in [6, 6.07) is 0.139. The Hall–Kier alpha value is -0.900. The molecule has 0 aromatic carbocycles. The highest BCUT2D eigenvalue weighted by Gasteiger charge is 2.22. The number of hydrogen-bond donors (Lipinski definition) is 1. The Morgan fingerprint density at radius 2 is 2.00 bits per heavy atom. The second-order valence-corrected chi connectivity index (χ2v) is 4.22. The molecular weight excluding hydrogens is 166 g/mol. The fourth-order valence-electron chi connectivity index (χ4n) is 0.844. The Morgan fingerprint density at radius 3 is 2.38 bits per heavy atom. The van der Waals surface area contributed by atoms with Crippen LogP contribution in [0.1, 0.15) is 45.5 Å². The van der Waals surface area contributed by atoms with Crippen molar-refractivity contribution in [1.82, 2.24) is 15.5 Å². The fraction of sp³-hybridized carbons (Fsp3) is 0.778. The molecule has 0 radical (unpaired) electrons. The molecule has 1 aromatic rings. The van der Waals surface area contributed by atoms with Crippen LogP contribution in [0, 0.1) is 0 Å². The van der Waals surface area contributed by atoms with Crippen molar-refractivity contribution >= 4 is 0 Å². The number of nitrogens with zero attached hydrogens (tertiary/aromatic N) is 2. The topological polar surface area (TPSA) is 51.0 Å². The van der Waals surface area contributed by atoms with Crippen LogP contribution in [0.4, 0.5) is 0 Å². The third kappa shape index (κ3) is 2.28. The Morgan fingerprint density at radius 1 is 1.38 bits per heavy atom. The molecule has 0 aliphatic rings. The number of hydrogen-bond acceptors (Lipinski definition) is 4. The molecule has 1 atom stereocenters. The average molecular weight is 183 g/mol. The Labute approximate surface area is 78.7 Å². The number of rotatable bonds is 2. The van der Waals surface area contributed by atoms with Crippen LogP contribution in [0.25, 0.3) is 0 Å².